The molecule has 2 aliphatic heterocycles. The average Bonchev–Trinajstić information content (AvgIpc) is 3.33. The second-order valence-corrected chi connectivity index (χ2v) is 13.5. The predicted molar refractivity (Wildman–Crippen MR) is 167 cm³/mol. The zero-order valence-electron chi connectivity index (χ0n) is 28.2. The minimum absolute atomic E-state index is 0.0140. The number of likely N-dealkylation sites (tertiary alicyclic amines) is 1. The lowest BCUT2D eigenvalue weighted by atomic mass is 9.54. The Morgan fingerprint density at radius 2 is 1.87 bits per heavy atom. The first kappa shape index (κ1) is 35.2. The molecule has 1 aliphatic carbocycles. The zero-order valence-corrected chi connectivity index (χ0v) is 28.2. The Balaban J connectivity index is 1.36. The number of benzene rings is 1. The van der Waals surface area contributed by atoms with E-state index in [0.29, 0.717) is 30.9 Å². The van der Waals surface area contributed by atoms with Gasteiger partial charge in [-0.2, -0.15) is 0 Å². The smallest absolute Gasteiger partial charge is 0.352 e. The second-order valence-electron chi connectivity index (χ2n) is 13.5. The Bertz CT molecular complexity index is 1380. The number of rotatable bonds is 11. The molecule has 12 heteroatoms. The highest BCUT2D eigenvalue weighted by molar-refractivity contribution is 5.81. The number of nitrogens with zero attached hydrogens (tertiary/aromatic N) is 1. The van der Waals surface area contributed by atoms with Crippen LogP contribution in [0.4, 0.5) is 0 Å². The van der Waals surface area contributed by atoms with E-state index in [4.69, 9.17) is 23.7 Å². The van der Waals surface area contributed by atoms with Crippen LogP contribution in [0.15, 0.2) is 24.0 Å². The van der Waals surface area contributed by atoms with Crippen molar-refractivity contribution < 1.29 is 48.0 Å². The second kappa shape index (κ2) is 13.6. The number of esters is 3. The van der Waals surface area contributed by atoms with Gasteiger partial charge in [-0.3, -0.25) is 14.4 Å². The normalized spacial score (nSPS) is 25.9. The summed E-state index contributed by atoms with van der Waals surface area (Å²) in [7, 11) is 3.54. The molecule has 3 aliphatic rings. The summed E-state index contributed by atoms with van der Waals surface area (Å²) >= 11 is 0. The van der Waals surface area contributed by atoms with Crippen LogP contribution in [0.5, 0.6) is 11.5 Å². The SMILES string of the molecule is COc1ccc(C)c2c1O[C@H]1C(OC(=O)[C@H](C)OC(=O)CCNC(=O)CCCC(=O)OC(C)(C)C)=CC[C@@]3(O)[C@@H](C)N(C)CC[C@]213. The summed E-state index contributed by atoms with van der Waals surface area (Å²) in [5, 5.41) is 15.0. The van der Waals surface area contributed by atoms with E-state index >= 15 is 0 Å². The molecule has 1 fully saturated rings. The first-order valence-corrected chi connectivity index (χ1v) is 15.9. The zero-order chi connectivity index (χ0) is 34.0. The maximum absolute atomic E-state index is 13.2. The van der Waals surface area contributed by atoms with Crippen molar-refractivity contribution in [3.8, 4) is 11.5 Å². The van der Waals surface area contributed by atoms with Crippen molar-refractivity contribution in [2.24, 2.45) is 0 Å². The Hall–Kier alpha value is -3.64. The summed E-state index contributed by atoms with van der Waals surface area (Å²) in [6.07, 6.45) is 0.832. The first-order chi connectivity index (χ1) is 21.5. The molecule has 0 radical (unpaired) electrons. The number of amides is 1. The number of nitrogens with one attached hydrogen (secondary N) is 1. The fourth-order valence-corrected chi connectivity index (χ4v) is 6.84. The number of aliphatic hydroxyl groups is 1. The van der Waals surface area contributed by atoms with Crippen molar-refractivity contribution in [1.82, 2.24) is 10.2 Å². The van der Waals surface area contributed by atoms with E-state index in [0.717, 1.165) is 11.1 Å². The molecule has 2 heterocycles. The fraction of sp³-hybridized carbons (Fsp3) is 0.647. The molecule has 2 N–H and O–H groups in total. The maximum atomic E-state index is 13.2. The number of fused-ring (bicyclic) bond motifs is 1. The monoisotopic (exact) mass is 644 g/mol. The van der Waals surface area contributed by atoms with Crippen molar-refractivity contribution >= 4 is 23.8 Å². The van der Waals surface area contributed by atoms with Crippen molar-refractivity contribution in [1.29, 1.82) is 0 Å². The molecule has 0 bridgehead atoms. The Morgan fingerprint density at radius 3 is 2.54 bits per heavy atom. The molecule has 0 saturated carbocycles. The van der Waals surface area contributed by atoms with Crippen LogP contribution in [-0.4, -0.2) is 90.5 Å². The average molecular weight is 645 g/mol. The Morgan fingerprint density at radius 1 is 1.15 bits per heavy atom. The van der Waals surface area contributed by atoms with Gasteiger partial charge in [0, 0.05) is 37.4 Å². The van der Waals surface area contributed by atoms with E-state index in [9.17, 15) is 24.3 Å². The summed E-state index contributed by atoms with van der Waals surface area (Å²) in [4.78, 5) is 51.7. The van der Waals surface area contributed by atoms with Crippen LogP contribution in [0.3, 0.4) is 0 Å². The van der Waals surface area contributed by atoms with E-state index in [1.54, 1.807) is 34.0 Å². The number of ether oxygens (including phenoxy) is 5. The quantitative estimate of drug-likeness (QED) is 0.270. The van der Waals surface area contributed by atoms with Gasteiger partial charge in [0.05, 0.1) is 24.5 Å². The molecule has 4 rings (SSSR count). The molecule has 1 spiro atoms. The number of carbonyl (C=O) groups is 4. The highest BCUT2D eigenvalue weighted by atomic mass is 16.6. The highest BCUT2D eigenvalue weighted by Gasteiger charge is 2.69. The van der Waals surface area contributed by atoms with Gasteiger partial charge in [-0.1, -0.05) is 6.07 Å². The van der Waals surface area contributed by atoms with Gasteiger partial charge in [0.1, 0.15) is 11.4 Å². The molecular weight excluding hydrogens is 596 g/mol. The van der Waals surface area contributed by atoms with Crippen LogP contribution in [0.25, 0.3) is 0 Å². The van der Waals surface area contributed by atoms with Crippen LogP contribution >= 0.6 is 0 Å². The van der Waals surface area contributed by atoms with E-state index in [1.807, 2.05) is 33.0 Å². The number of hydrogen-bond donors (Lipinski definition) is 2. The number of methoxy groups -OCH3 is 1. The summed E-state index contributed by atoms with van der Waals surface area (Å²) in [6.45, 7) is 11.4. The minimum atomic E-state index is -1.23. The van der Waals surface area contributed by atoms with E-state index in [2.05, 4.69) is 10.2 Å². The van der Waals surface area contributed by atoms with Crippen LogP contribution in [0, 0.1) is 6.92 Å². The van der Waals surface area contributed by atoms with Crippen LogP contribution in [0.2, 0.25) is 0 Å². The van der Waals surface area contributed by atoms with Crippen LogP contribution < -0.4 is 14.8 Å². The van der Waals surface area contributed by atoms with E-state index < -0.39 is 40.8 Å². The van der Waals surface area contributed by atoms with Gasteiger partial charge in [0.15, 0.2) is 23.7 Å². The van der Waals surface area contributed by atoms with Gasteiger partial charge in [-0.05, 0) is 85.7 Å². The molecule has 1 saturated heterocycles. The summed E-state index contributed by atoms with van der Waals surface area (Å²) in [6, 6.07) is 3.55. The van der Waals surface area contributed by atoms with Gasteiger partial charge in [-0.15, -0.1) is 0 Å². The number of carbonyl (C=O) groups excluding carboxylic acids is 4. The topological polar surface area (TPSA) is 150 Å². The van der Waals surface area contributed by atoms with Gasteiger partial charge >= 0.3 is 17.9 Å². The van der Waals surface area contributed by atoms with Gasteiger partial charge in [0.2, 0.25) is 5.91 Å². The molecule has 46 heavy (non-hydrogen) atoms. The summed E-state index contributed by atoms with van der Waals surface area (Å²) in [5.41, 5.74) is -0.909. The van der Waals surface area contributed by atoms with Crippen LogP contribution in [-0.2, 0) is 38.8 Å². The van der Waals surface area contributed by atoms with Crippen molar-refractivity contribution in [2.75, 3.05) is 27.2 Å². The Kier molecular flexibility index (Phi) is 10.4. The highest BCUT2D eigenvalue weighted by Crippen LogP contribution is 2.62. The third kappa shape index (κ3) is 6.88. The van der Waals surface area contributed by atoms with E-state index in [1.165, 1.54) is 6.92 Å². The lowest BCUT2D eigenvalue weighted by Crippen LogP contribution is -2.71. The molecule has 1 aromatic carbocycles. The molecule has 12 nitrogen and oxygen atoms in total. The predicted octanol–water partition coefficient (Wildman–Crippen LogP) is 3.24. The molecule has 254 valence electrons. The number of piperidine rings is 1. The van der Waals surface area contributed by atoms with E-state index in [-0.39, 0.29) is 55.9 Å². The Labute approximate surface area is 270 Å². The number of likely N-dealkylation sites (N-methyl/N-ethyl adjacent to an activating group) is 1. The summed E-state index contributed by atoms with van der Waals surface area (Å²) in [5.74, 6) is -0.842. The van der Waals surface area contributed by atoms with Crippen LogP contribution in [0.1, 0.15) is 84.3 Å². The molecule has 5 atom stereocenters. The van der Waals surface area contributed by atoms with Crippen molar-refractivity contribution in [3.05, 3.63) is 35.1 Å². The fourth-order valence-electron chi connectivity index (χ4n) is 6.84. The standard InChI is InChI=1S/C34H48N2O10/c1-20-12-13-23(42-8)29-28(20)33-17-19-36(7)22(3)34(33,41)16-14-24(30(33)45-29)44-31(40)21(2)43-26(38)15-18-35-25(37)10-9-11-27(39)46-32(4,5)6/h12-14,21-22,30,41H,9-11,15-19H2,1-8H3,(H,35,37)/t21-,22+,30-,33-,34+/m0/s1. The molecule has 1 amide bonds. The molecule has 0 unspecified atom stereocenters. The third-order valence-corrected chi connectivity index (χ3v) is 9.25. The molecule has 0 aromatic heterocycles. The number of hydrogen-bond acceptors (Lipinski definition) is 11. The van der Waals surface area contributed by atoms with Crippen molar-refractivity contribution in [2.45, 2.75) is 115 Å². The third-order valence-electron chi connectivity index (χ3n) is 9.25. The largest absolute Gasteiger partial charge is 0.493 e. The van der Waals surface area contributed by atoms with Crippen molar-refractivity contribution in [3.63, 3.8) is 0 Å². The summed E-state index contributed by atoms with van der Waals surface area (Å²) < 4.78 is 28.5. The molecule has 1 aromatic rings. The minimum Gasteiger partial charge on any atom is -0.493 e. The molecular formula is C34H48N2O10. The van der Waals surface area contributed by atoms with Gasteiger partial charge in [0.25, 0.3) is 0 Å². The first-order valence-electron chi connectivity index (χ1n) is 15.9. The lowest BCUT2D eigenvalue weighted by Gasteiger charge is -2.58. The van der Waals surface area contributed by atoms with Gasteiger partial charge < -0.3 is 39.0 Å². The van der Waals surface area contributed by atoms with Gasteiger partial charge in [-0.25, -0.2) is 4.79 Å². The number of aryl methyl sites for hydroxylation is 1. The lowest BCUT2D eigenvalue weighted by molar-refractivity contribution is -0.171. The maximum Gasteiger partial charge on any atom is 0.352 e.